The van der Waals surface area contributed by atoms with Gasteiger partial charge in [0.1, 0.15) is 19.3 Å². The lowest BCUT2D eigenvalue weighted by Crippen LogP contribution is -2.47. The predicted octanol–water partition coefficient (Wildman–Crippen LogP) is 23.5. The van der Waals surface area contributed by atoms with Crippen LogP contribution < -0.4 is 10.2 Å². The number of allylic oxidation sites excluding steroid dienone is 19. The molecule has 0 aliphatic rings. The Morgan fingerprint density at radius 3 is 1.09 bits per heavy atom. The van der Waals surface area contributed by atoms with E-state index in [1.54, 1.807) is 0 Å². The standard InChI is InChI=1S/C80H141N2O7P/c1-7-10-13-16-19-22-25-28-30-32-34-36-38-40-41-43-44-46-48-50-52-54-57-60-63-66-69-72-79(83)81-77(76-88-90(85,86)87-75-74-82(4,5)6)78(71-68-65-62-59-56-27-24-21-18-15-12-9-3)89-80(84)73-70-67-64-61-58-55-53-51-49-47-45-42-39-37-35-33-31-29-26-23-20-17-14-11-8-2/h10,13,19-20,22-23,28-31,34-37,40-41,44,46,68,71,77-78H,7-9,11-12,14-18,21,24-27,32-33,38-39,42-43,45,47-67,69-70,72-76H2,1-6H3,(H-,81,83,85,86)/b13-10-,22-19-,23-20-,30-28-,31-29-,36-34-,37-35-,41-40-,46-44-,71-68+. The van der Waals surface area contributed by atoms with Crippen LogP contribution in [-0.2, 0) is 27.9 Å². The number of amides is 1. The van der Waals surface area contributed by atoms with Crippen LogP contribution in [0.3, 0.4) is 0 Å². The second-order valence-corrected chi connectivity index (χ2v) is 27.5. The van der Waals surface area contributed by atoms with Crippen molar-refractivity contribution in [2.75, 3.05) is 40.9 Å². The molecule has 10 heteroatoms. The Morgan fingerprint density at radius 2 is 0.711 bits per heavy atom. The van der Waals surface area contributed by atoms with Crippen molar-refractivity contribution < 1.29 is 37.3 Å². The van der Waals surface area contributed by atoms with Crippen molar-refractivity contribution in [3.8, 4) is 0 Å². The molecule has 0 fully saturated rings. The molecule has 0 aromatic heterocycles. The van der Waals surface area contributed by atoms with E-state index < -0.39 is 26.6 Å². The number of ether oxygens (including phenoxy) is 1. The Morgan fingerprint density at radius 1 is 0.400 bits per heavy atom. The van der Waals surface area contributed by atoms with Crippen LogP contribution in [0.1, 0.15) is 323 Å². The van der Waals surface area contributed by atoms with Gasteiger partial charge in [-0.2, -0.15) is 0 Å². The van der Waals surface area contributed by atoms with Gasteiger partial charge in [0.2, 0.25) is 5.91 Å². The van der Waals surface area contributed by atoms with E-state index in [0.717, 1.165) is 122 Å². The first-order chi connectivity index (χ1) is 43.9. The maximum absolute atomic E-state index is 13.6. The number of hydrogen-bond acceptors (Lipinski definition) is 7. The number of nitrogens with zero attached hydrogens (tertiary/aromatic N) is 1. The molecular formula is C80H141N2O7P. The van der Waals surface area contributed by atoms with Gasteiger partial charge >= 0.3 is 5.97 Å². The molecule has 0 spiro atoms. The first-order valence-electron chi connectivity index (χ1n) is 37.3. The second kappa shape index (κ2) is 68.3. The van der Waals surface area contributed by atoms with E-state index in [1.165, 1.54) is 167 Å². The monoisotopic (exact) mass is 1270 g/mol. The summed E-state index contributed by atoms with van der Waals surface area (Å²) in [6.07, 6.45) is 96.1. The maximum Gasteiger partial charge on any atom is 0.306 e. The smallest absolute Gasteiger partial charge is 0.306 e. The average Bonchev–Trinajstić information content (AvgIpc) is 3.04. The highest BCUT2D eigenvalue weighted by Crippen LogP contribution is 2.38. The summed E-state index contributed by atoms with van der Waals surface area (Å²) in [4.78, 5) is 40.3. The molecule has 3 unspecified atom stereocenters. The second-order valence-electron chi connectivity index (χ2n) is 26.1. The van der Waals surface area contributed by atoms with E-state index in [-0.39, 0.29) is 24.9 Å². The topological polar surface area (TPSA) is 114 Å². The zero-order valence-electron chi connectivity index (χ0n) is 59.3. The van der Waals surface area contributed by atoms with E-state index in [2.05, 4.69) is 135 Å². The fraction of sp³-hybridized carbons (Fsp3) is 0.725. The first kappa shape index (κ1) is 86.4. The fourth-order valence-corrected chi connectivity index (χ4v) is 11.1. The molecule has 9 nitrogen and oxygen atoms in total. The summed E-state index contributed by atoms with van der Waals surface area (Å²) in [7, 11) is 1.17. The molecule has 0 aromatic carbocycles. The van der Waals surface area contributed by atoms with Gasteiger partial charge in [0.05, 0.1) is 33.8 Å². The molecule has 0 aliphatic carbocycles. The molecule has 0 saturated heterocycles. The number of carbonyl (C=O) groups excluding carboxylic acids is 2. The van der Waals surface area contributed by atoms with Gasteiger partial charge in [-0.05, 0) is 122 Å². The Labute approximate surface area is 556 Å². The minimum Gasteiger partial charge on any atom is -0.756 e. The van der Waals surface area contributed by atoms with Crippen LogP contribution in [0.15, 0.2) is 122 Å². The number of hydrogen-bond donors (Lipinski definition) is 1. The van der Waals surface area contributed by atoms with Crippen LogP contribution in [0.25, 0.3) is 0 Å². The molecule has 0 aromatic rings. The number of likely N-dealkylation sites (N-methyl/N-ethyl adjacent to an activating group) is 1. The van der Waals surface area contributed by atoms with Crippen molar-refractivity contribution in [3.63, 3.8) is 0 Å². The molecule has 518 valence electrons. The van der Waals surface area contributed by atoms with E-state index in [9.17, 15) is 19.0 Å². The zero-order chi connectivity index (χ0) is 65.6. The molecule has 0 rings (SSSR count). The minimum absolute atomic E-state index is 0.0295. The van der Waals surface area contributed by atoms with Gasteiger partial charge in [0, 0.05) is 12.8 Å². The van der Waals surface area contributed by atoms with Crippen molar-refractivity contribution in [3.05, 3.63) is 122 Å². The molecule has 0 heterocycles. The van der Waals surface area contributed by atoms with E-state index >= 15 is 0 Å². The van der Waals surface area contributed by atoms with Crippen LogP contribution in [-0.4, -0.2) is 69.4 Å². The molecule has 90 heavy (non-hydrogen) atoms. The lowest BCUT2D eigenvalue weighted by atomic mass is 10.0. The van der Waals surface area contributed by atoms with Crippen LogP contribution >= 0.6 is 7.82 Å². The van der Waals surface area contributed by atoms with E-state index in [4.69, 9.17) is 13.8 Å². The molecule has 1 N–H and O–H groups in total. The molecule has 0 bridgehead atoms. The zero-order valence-corrected chi connectivity index (χ0v) is 60.2. The number of phosphoric acid groups is 1. The predicted molar refractivity (Wildman–Crippen MR) is 390 cm³/mol. The Hall–Kier alpha value is -3.59. The molecule has 0 radical (unpaired) electrons. The van der Waals surface area contributed by atoms with Crippen molar-refractivity contribution >= 4 is 19.7 Å². The van der Waals surface area contributed by atoms with Crippen molar-refractivity contribution in [1.82, 2.24) is 5.32 Å². The first-order valence-corrected chi connectivity index (χ1v) is 38.8. The fourth-order valence-electron chi connectivity index (χ4n) is 10.4. The summed E-state index contributed by atoms with van der Waals surface area (Å²) in [6, 6.07) is -0.903. The van der Waals surface area contributed by atoms with E-state index in [0.29, 0.717) is 17.4 Å². The summed E-state index contributed by atoms with van der Waals surface area (Å²) in [5.41, 5.74) is 0. The molecule has 3 atom stereocenters. The summed E-state index contributed by atoms with van der Waals surface area (Å²) >= 11 is 0. The highest BCUT2D eigenvalue weighted by atomic mass is 31.2. The number of phosphoric ester groups is 1. The number of unbranched alkanes of at least 4 members (excludes halogenated alkanes) is 33. The highest BCUT2D eigenvalue weighted by Gasteiger charge is 2.27. The van der Waals surface area contributed by atoms with Gasteiger partial charge < -0.3 is 28.5 Å². The number of carbonyl (C=O) groups is 2. The summed E-state index contributed by atoms with van der Waals surface area (Å²) < 4.78 is 30.5. The summed E-state index contributed by atoms with van der Waals surface area (Å²) in [5.74, 6) is -0.551. The normalized spacial score (nSPS) is 14.2. The van der Waals surface area contributed by atoms with Crippen molar-refractivity contribution in [1.29, 1.82) is 0 Å². The minimum atomic E-state index is -4.72. The Bertz CT molecular complexity index is 1960. The summed E-state index contributed by atoms with van der Waals surface area (Å²) in [5, 5.41) is 3.04. The third kappa shape index (κ3) is 68.8. The summed E-state index contributed by atoms with van der Waals surface area (Å²) in [6.45, 7) is 6.71. The third-order valence-electron chi connectivity index (χ3n) is 16.1. The van der Waals surface area contributed by atoms with Crippen LogP contribution in [0.2, 0.25) is 0 Å². The molecule has 0 aliphatic heterocycles. The van der Waals surface area contributed by atoms with Crippen LogP contribution in [0.4, 0.5) is 0 Å². The molecule has 0 saturated carbocycles. The van der Waals surface area contributed by atoms with E-state index in [1.807, 2.05) is 33.3 Å². The molecule has 1 amide bonds. The van der Waals surface area contributed by atoms with Crippen LogP contribution in [0, 0.1) is 0 Å². The maximum atomic E-state index is 13.6. The van der Waals surface area contributed by atoms with Crippen molar-refractivity contribution in [2.45, 2.75) is 335 Å². The Kier molecular flexibility index (Phi) is 65.6. The van der Waals surface area contributed by atoms with Gasteiger partial charge in [-0.3, -0.25) is 14.2 Å². The van der Waals surface area contributed by atoms with Crippen molar-refractivity contribution in [2.24, 2.45) is 0 Å². The van der Waals surface area contributed by atoms with Gasteiger partial charge in [-0.1, -0.05) is 310 Å². The third-order valence-corrected chi connectivity index (χ3v) is 17.1. The quantitative estimate of drug-likeness (QED) is 0.0212. The lowest BCUT2D eigenvalue weighted by Gasteiger charge is -2.30. The number of esters is 1. The van der Waals surface area contributed by atoms with Gasteiger partial charge in [-0.25, -0.2) is 0 Å². The van der Waals surface area contributed by atoms with Gasteiger partial charge in [-0.15, -0.1) is 0 Å². The molecular weight excluding hydrogens is 1130 g/mol. The number of quaternary nitrogens is 1. The lowest BCUT2D eigenvalue weighted by molar-refractivity contribution is -0.870. The average molecular weight is 1270 g/mol. The largest absolute Gasteiger partial charge is 0.756 e. The number of rotatable bonds is 67. The SMILES string of the molecule is CC/C=C\C/C=C\C/C=C\C/C=C\C/C=C\C/C=C\CCCCCCCCCCC(=O)NC(COP(=O)([O-])OCC[N+](C)(C)C)C(/C=C/CCCCCCCCCCCC)OC(=O)CCCCCCCCCCCCCC/C=C\C/C=C\C/C=C\CCCCC. The van der Waals surface area contributed by atoms with Crippen LogP contribution in [0.5, 0.6) is 0 Å². The highest BCUT2D eigenvalue weighted by molar-refractivity contribution is 7.45. The van der Waals surface area contributed by atoms with Gasteiger partial charge in [0.15, 0.2) is 0 Å². The Balaban J connectivity index is 5.05. The number of nitrogens with one attached hydrogen (secondary N) is 1. The van der Waals surface area contributed by atoms with Gasteiger partial charge in [0.25, 0.3) is 7.82 Å².